The van der Waals surface area contributed by atoms with Crippen molar-refractivity contribution in [1.29, 1.82) is 0 Å². The second kappa shape index (κ2) is 7.67. The number of aromatic nitrogens is 3. The average molecular weight is 499 g/mol. The van der Waals surface area contributed by atoms with Gasteiger partial charge in [-0.2, -0.15) is 13.8 Å². The van der Waals surface area contributed by atoms with E-state index in [2.05, 4.69) is 40.3 Å². The first kappa shape index (κ1) is 20.5. The molecule has 0 atom stereocenters. The minimum Gasteiger partial charge on any atom is -0.478 e. The van der Waals surface area contributed by atoms with Gasteiger partial charge in [-0.15, -0.1) is 11.3 Å². The predicted molar refractivity (Wildman–Crippen MR) is 98.3 cm³/mol. The highest BCUT2D eigenvalue weighted by atomic mass is 79.9. The minimum atomic E-state index is -4.11. The molecule has 0 saturated carbocycles. The number of ether oxygens (including phenoxy) is 2. The third-order valence-corrected chi connectivity index (χ3v) is 6.06. The summed E-state index contributed by atoms with van der Waals surface area (Å²) in [6.45, 7) is -2.07. The maximum Gasteiger partial charge on any atom is 0.427 e. The maximum atomic E-state index is 13.1. The highest BCUT2D eigenvalue weighted by molar-refractivity contribution is 9.10. The number of rotatable bonds is 7. The summed E-state index contributed by atoms with van der Waals surface area (Å²) in [6, 6.07) is 3.17. The van der Waals surface area contributed by atoms with Crippen molar-refractivity contribution in [2.24, 2.45) is 0 Å². The van der Waals surface area contributed by atoms with Gasteiger partial charge in [0.15, 0.2) is 6.67 Å². The molecule has 0 amide bonds. The number of pyridine rings is 1. The van der Waals surface area contributed by atoms with Gasteiger partial charge >= 0.3 is 6.11 Å². The Morgan fingerprint density at radius 3 is 2.75 bits per heavy atom. The normalized spacial score (nSPS) is 12.2. The fourth-order valence-corrected chi connectivity index (χ4v) is 4.91. The van der Waals surface area contributed by atoms with Gasteiger partial charge < -0.3 is 9.47 Å². The quantitative estimate of drug-likeness (QED) is 0.496. The number of sulfonamides is 1. The first-order valence-electron chi connectivity index (χ1n) is 7.25. The lowest BCUT2D eigenvalue weighted by Gasteiger charge is -2.16. The Hall–Kier alpha value is -2.19. The van der Waals surface area contributed by atoms with Crippen LogP contribution < -0.4 is 14.2 Å². The molecule has 3 rings (SSSR count). The lowest BCUT2D eigenvalue weighted by atomic mass is 10.3. The van der Waals surface area contributed by atoms with Crippen molar-refractivity contribution < 1.29 is 31.1 Å². The standard InChI is InChI=1S/C14H10BrF3N4O4S2/c1-25-11-8(26-14(17,18)6-16)4-19-13(21-11)22-28(23,24)9-5-27-12-7(9)2-3-10(15)20-12/h2-5H,6H2,1H3,(H,19,21,22). The molecule has 0 fully saturated rings. The second-order valence-electron chi connectivity index (χ2n) is 5.13. The summed E-state index contributed by atoms with van der Waals surface area (Å²) in [6.07, 6.45) is -3.35. The first-order chi connectivity index (χ1) is 13.1. The molecular weight excluding hydrogens is 489 g/mol. The number of fused-ring (bicyclic) bond motifs is 1. The van der Waals surface area contributed by atoms with Crippen molar-refractivity contribution in [1.82, 2.24) is 15.0 Å². The summed E-state index contributed by atoms with van der Waals surface area (Å²) in [5.41, 5.74) is 0. The molecule has 3 aromatic rings. The smallest absolute Gasteiger partial charge is 0.427 e. The second-order valence-corrected chi connectivity index (χ2v) is 8.45. The molecule has 0 aliphatic rings. The highest BCUT2D eigenvalue weighted by Crippen LogP contribution is 2.32. The third kappa shape index (κ3) is 4.28. The van der Waals surface area contributed by atoms with E-state index in [-0.39, 0.29) is 4.90 Å². The number of alkyl halides is 3. The highest BCUT2D eigenvalue weighted by Gasteiger charge is 2.33. The topological polar surface area (TPSA) is 103 Å². The lowest BCUT2D eigenvalue weighted by molar-refractivity contribution is -0.187. The lowest BCUT2D eigenvalue weighted by Crippen LogP contribution is -2.27. The van der Waals surface area contributed by atoms with E-state index < -0.39 is 40.4 Å². The van der Waals surface area contributed by atoms with Gasteiger partial charge in [-0.25, -0.2) is 27.5 Å². The van der Waals surface area contributed by atoms with Crippen molar-refractivity contribution >= 4 is 53.5 Å². The first-order valence-corrected chi connectivity index (χ1v) is 10.4. The number of halogens is 4. The number of hydrogen-bond acceptors (Lipinski definition) is 8. The zero-order chi connectivity index (χ0) is 20.5. The summed E-state index contributed by atoms with van der Waals surface area (Å²) in [5.74, 6) is -1.60. The number of nitrogens with one attached hydrogen (secondary N) is 1. The number of anilines is 1. The fourth-order valence-electron chi connectivity index (χ4n) is 2.06. The van der Waals surface area contributed by atoms with E-state index in [9.17, 15) is 21.6 Å². The van der Waals surface area contributed by atoms with Gasteiger partial charge in [0.2, 0.25) is 11.7 Å². The fraction of sp³-hybridized carbons (Fsp3) is 0.214. The molecular formula is C14H10BrF3N4O4S2. The average Bonchev–Trinajstić information content (AvgIpc) is 3.06. The van der Waals surface area contributed by atoms with Crippen LogP contribution in [0.15, 0.2) is 33.2 Å². The van der Waals surface area contributed by atoms with Crippen molar-refractivity contribution in [2.75, 3.05) is 18.5 Å². The van der Waals surface area contributed by atoms with Gasteiger partial charge in [-0.3, -0.25) is 0 Å². The Balaban J connectivity index is 1.91. The van der Waals surface area contributed by atoms with Crippen LogP contribution >= 0.6 is 27.3 Å². The van der Waals surface area contributed by atoms with Crippen LogP contribution in [0.4, 0.5) is 19.1 Å². The Labute approximate surface area is 168 Å². The van der Waals surface area contributed by atoms with Crippen LogP contribution in [0.3, 0.4) is 0 Å². The number of thiophene rings is 1. The Morgan fingerprint density at radius 2 is 2.07 bits per heavy atom. The summed E-state index contributed by atoms with van der Waals surface area (Å²) in [5, 5.41) is 1.78. The zero-order valence-corrected chi connectivity index (χ0v) is 17.0. The SMILES string of the molecule is COc1nc(NS(=O)(=O)c2csc3nc(Br)ccc23)ncc1OC(F)(F)CF. The van der Waals surface area contributed by atoms with Gasteiger partial charge in [-0.05, 0) is 28.1 Å². The summed E-state index contributed by atoms with van der Waals surface area (Å²) >= 11 is 4.32. The summed E-state index contributed by atoms with van der Waals surface area (Å²) in [4.78, 5) is 11.9. The van der Waals surface area contributed by atoms with Crippen molar-refractivity contribution in [3.05, 3.63) is 28.3 Å². The molecule has 0 radical (unpaired) electrons. The molecule has 3 heterocycles. The van der Waals surface area contributed by atoms with Crippen LogP contribution in [0.25, 0.3) is 10.2 Å². The predicted octanol–water partition coefficient (Wildman–Crippen LogP) is 3.60. The van der Waals surface area contributed by atoms with Gasteiger partial charge in [0, 0.05) is 10.8 Å². The molecule has 3 aromatic heterocycles. The van der Waals surface area contributed by atoms with E-state index >= 15 is 0 Å². The number of nitrogens with zero attached hydrogens (tertiary/aromatic N) is 3. The molecule has 0 saturated heterocycles. The molecule has 28 heavy (non-hydrogen) atoms. The number of hydrogen-bond donors (Lipinski definition) is 1. The Morgan fingerprint density at radius 1 is 1.32 bits per heavy atom. The molecule has 14 heteroatoms. The van der Waals surface area contributed by atoms with Crippen LogP contribution in [0.1, 0.15) is 0 Å². The van der Waals surface area contributed by atoms with Crippen LogP contribution in [0.2, 0.25) is 0 Å². The van der Waals surface area contributed by atoms with Crippen molar-refractivity contribution in [3.8, 4) is 11.6 Å². The number of methoxy groups -OCH3 is 1. The molecule has 0 aromatic carbocycles. The van der Waals surface area contributed by atoms with Crippen molar-refractivity contribution in [2.45, 2.75) is 11.0 Å². The van der Waals surface area contributed by atoms with Gasteiger partial charge in [0.1, 0.15) is 14.3 Å². The third-order valence-electron chi connectivity index (χ3n) is 3.22. The van der Waals surface area contributed by atoms with E-state index in [1.165, 1.54) is 5.38 Å². The Bertz CT molecular complexity index is 1130. The van der Waals surface area contributed by atoms with E-state index in [0.717, 1.165) is 24.6 Å². The van der Waals surface area contributed by atoms with Gasteiger partial charge in [-0.1, -0.05) is 0 Å². The molecule has 0 aliphatic carbocycles. The van der Waals surface area contributed by atoms with Crippen LogP contribution in [0, 0.1) is 0 Å². The van der Waals surface area contributed by atoms with E-state index in [4.69, 9.17) is 4.74 Å². The molecule has 150 valence electrons. The zero-order valence-electron chi connectivity index (χ0n) is 13.8. The van der Waals surface area contributed by atoms with Crippen LogP contribution in [-0.4, -0.2) is 43.3 Å². The van der Waals surface area contributed by atoms with Gasteiger partial charge in [0.25, 0.3) is 15.9 Å². The summed E-state index contributed by atoms with van der Waals surface area (Å²) < 4.78 is 75.3. The largest absolute Gasteiger partial charge is 0.478 e. The van der Waals surface area contributed by atoms with Crippen LogP contribution in [0.5, 0.6) is 11.6 Å². The van der Waals surface area contributed by atoms with E-state index in [1.807, 2.05) is 0 Å². The van der Waals surface area contributed by atoms with E-state index in [0.29, 0.717) is 14.8 Å². The van der Waals surface area contributed by atoms with Crippen molar-refractivity contribution in [3.63, 3.8) is 0 Å². The van der Waals surface area contributed by atoms with Gasteiger partial charge in [0.05, 0.1) is 13.3 Å². The summed E-state index contributed by atoms with van der Waals surface area (Å²) in [7, 11) is -3.02. The minimum absolute atomic E-state index is 0.0562. The molecule has 0 aliphatic heterocycles. The van der Waals surface area contributed by atoms with Crippen LogP contribution in [-0.2, 0) is 10.0 Å². The maximum absolute atomic E-state index is 13.1. The molecule has 0 bridgehead atoms. The molecule has 0 unspecified atom stereocenters. The molecule has 8 nitrogen and oxygen atoms in total. The Kier molecular flexibility index (Phi) is 5.63. The monoisotopic (exact) mass is 498 g/mol. The molecule has 1 N–H and O–H groups in total. The molecule has 0 spiro atoms. The van der Waals surface area contributed by atoms with E-state index in [1.54, 1.807) is 12.1 Å².